The maximum Gasteiger partial charge on any atom is 0.225 e. The molecular formula is C26H25F2N3O3. The third kappa shape index (κ3) is 3.98. The predicted molar refractivity (Wildman–Crippen MR) is 125 cm³/mol. The minimum absolute atomic E-state index is 0.0495. The monoisotopic (exact) mass is 465 g/mol. The van der Waals surface area contributed by atoms with Gasteiger partial charge < -0.3 is 19.7 Å². The van der Waals surface area contributed by atoms with Crippen LogP contribution in [0, 0.1) is 11.6 Å². The third-order valence-corrected chi connectivity index (χ3v) is 6.35. The molecule has 8 heteroatoms. The first-order valence-electron chi connectivity index (χ1n) is 11.2. The lowest BCUT2D eigenvalue weighted by Gasteiger charge is -2.29. The van der Waals surface area contributed by atoms with E-state index < -0.39 is 11.9 Å². The third-order valence-electron chi connectivity index (χ3n) is 6.35. The molecule has 6 nitrogen and oxygen atoms in total. The van der Waals surface area contributed by atoms with E-state index in [0.717, 1.165) is 38.6 Å². The second kappa shape index (κ2) is 8.68. The molecule has 0 aliphatic carbocycles. The smallest absolute Gasteiger partial charge is 0.225 e. The van der Waals surface area contributed by atoms with Gasteiger partial charge in [0.2, 0.25) is 5.91 Å². The number of hydrogen-bond acceptors (Lipinski definition) is 4. The predicted octanol–water partition coefficient (Wildman–Crippen LogP) is 4.25. The fraction of sp³-hybridized carbons (Fsp3) is 0.308. The van der Waals surface area contributed by atoms with E-state index >= 15 is 0 Å². The average Bonchev–Trinajstić information content (AvgIpc) is 3.18. The van der Waals surface area contributed by atoms with Crippen LogP contribution in [0.3, 0.4) is 0 Å². The number of rotatable bonds is 5. The van der Waals surface area contributed by atoms with Crippen molar-refractivity contribution in [2.24, 2.45) is 0 Å². The van der Waals surface area contributed by atoms with Gasteiger partial charge in [-0.3, -0.25) is 9.78 Å². The summed E-state index contributed by atoms with van der Waals surface area (Å²) in [7, 11) is 1.42. The minimum Gasteiger partial charge on any atom is -0.494 e. The molecule has 3 heterocycles. The van der Waals surface area contributed by atoms with E-state index in [1.165, 1.54) is 25.3 Å². The maximum absolute atomic E-state index is 14.3. The Bertz CT molecular complexity index is 1410. The highest BCUT2D eigenvalue weighted by molar-refractivity contribution is 6.10. The van der Waals surface area contributed by atoms with Crippen molar-refractivity contribution in [3.8, 4) is 5.75 Å². The topological polar surface area (TPSA) is 78.5 Å². The summed E-state index contributed by atoms with van der Waals surface area (Å²) in [6.45, 7) is 2.40. The standard InChI is InChI=1S/C26H25F2N3O3/c1-14(32)9-24(33)31-8-7-17-22(13-31)29-21(11-15-3-6-23(34-2)19(28)10-15)26-25(17)18-12-16(27)4-5-20(18)30-26/h3-6,10,12,14,30,32H,7-9,11,13H2,1-2H3. The molecule has 34 heavy (non-hydrogen) atoms. The summed E-state index contributed by atoms with van der Waals surface area (Å²) < 4.78 is 33.5. The van der Waals surface area contributed by atoms with Gasteiger partial charge in [-0.2, -0.15) is 0 Å². The molecule has 2 aromatic heterocycles. The van der Waals surface area contributed by atoms with Crippen LogP contribution in [0.1, 0.15) is 35.9 Å². The number of pyridine rings is 1. The summed E-state index contributed by atoms with van der Waals surface area (Å²) in [5.41, 5.74) is 4.72. The molecule has 0 saturated heterocycles. The number of carbonyl (C=O) groups excluding carboxylic acids is 1. The summed E-state index contributed by atoms with van der Waals surface area (Å²) in [5, 5.41) is 11.3. The van der Waals surface area contributed by atoms with Gasteiger partial charge >= 0.3 is 0 Å². The minimum atomic E-state index is -0.721. The molecule has 1 unspecified atom stereocenters. The number of aromatic amines is 1. The van der Waals surface area contributed by atoms with Gasteiger partial charge in [0.25, 0.3) is 0 Å². The lowest BCUT2D eigenvalue weighted by atomic mass is 9.96. The molecule has 0 fully saturated rings. The van der Waals surface area contributed by atoms with Crippen molar-refractivity contribution in [3.63, 3.8) is 0 Å². The van der Waals surface area contributed by atoms with Gasteiger partial charge in [-0.25, -0.2) is 8.78 Å². The van der Waals surface area contributed by atoms with Gasteiger partial charge in [-0.1, -0.05) is 6.07 Å². The number of aromatic nitrogens is 2. The first-order chi connectivity index (χ1) is 16.3. The number of nitrogens with one attached hydrogen (secondary N) is 1. The number of fused-ring (bicyclic) bond motifs is 5. The van der Waals surface area contributed by atoms with Crippen molar-refractivity contribution in [2.75, 3.05) is 13.7 Å². The number of aliphatic hydroxyl groups is 1. The molecule has 1 aliphatic rings. The Balaban J connectivity index is 1.64. The van der Waals surface area contributed by atoms with Crippen LogP contribution in [0.5, 0.6) is 5.75 Å². The summed E-state index contributed by atoms with van der Waals surface area (Å²) in [5.74, 6) is -0.753. The molecule has 1 aliphatic heterocycles. The van der Waals surface area contributed by atoms with E-state index in [1.807, 2.05) is 0 Å². The van der Waals surface area contributed by atoms with E-state index in [1.54, 1.807) is 30.0 Å². The molecule has 0 saturated carbocycles. The summed E-state index contributed by atoms with van der Waals surface area (Å²) in [6, 6.07) is 9.41. The number of halogens is 2. The van der Waals surface area contributed by atoms with Crippen LogP contribution in [0.25, 0.3) is 21.8 Å². The van der Waals surface area contributed by atoms with Crippen molar-refractivity contribution >= 4 is 27.7 Å². The number of ether oxygens (including phenoxy) is 1. The first-order valence-corrected chi connectivity index (χ1v) is 11.2. The van der Waals surface area contributed by atoms with Gasteiger partial charge in [0, 0.05) is 29.3 Å². The van der Waals surface area contributed by atoms with Gasteiger partial charge in [-0.05, 0) is 54.8 Å². The lowest BCUT2D eigenvalue weighted by molar-refractivity contribution is -0.134. The number of amides is 1. The quantitative estimate of drug-likeness (QED) is 0.462. The van der Waals surface area contributed by atoms with Crippen LogP contribution in [0.2, 0.25) is 0 Å². The zero-order valence-electron chi connectivity index (χ0n) is 19.0. The van der Waals surface area contributed by atoms with Gasteiger partial charge in [0.1, 0.15) is 5.82 Å². The largest absolute Gasteiger partial charge is 0.494 e. The molecule has 0 spiro atoms. The summed E-state index contributed by atoms with van der Waals surface area (Å²) in [6.07, 6.45) is 0.252. The fourth-order valence-corrected chi connectivity index (χ4v) is 4.77. The number of aliphatic hydroxyl groups excluding tert-OH is 1. The number of benzene rings is 2. The Morgan fingerprint density at radius 1 is 1.26 bits per heavy atom. The second-order valence-corrected chi connectivity index (χ2v) is 8.81. The molecule has 0 radical (unpaired) electrons. The molecular weight excluding hydrogens is 440 g/mol. The van der Waals surface area contributed by atoms with Crippen LogP contribution >= 0.6 is 0 Å². The van der Waals surface area contributed by atoms with E-state index in [-0.39, 0.29) is 23.9 Å². The molecule has 1 amide bonds. The lowest BCUT2D eigenvalue weighted by Crippen LogP contribution is -2.38. The van der Waals surface area contributed by atoms with Gasteiger partial charge in [-0.15, -0.1) is 0 Å². The Morgan fingerprint density at radius 3 is 2.82 bits per heavy atom. The zero-order valence-corrected chi connectivity index (χ0v) is 19.0. The number of methoxy groups -OCH3 is 1. The van der Waals surface area contributed by atoms with E-state index in [4.69, 9.17) is 9.72 Å². The van der Waals surface area contributed by atoms with E-state index in [2.05, 4.69) is 4.98 Å². The molecule has 4 aromatic rings. The molecule has 0 bridgehead atoms. The highest BCUT2D eigenvalue weighted by Gasteiger charge is 2.27. The van der Waals surface area contributed by atoms with E-state index in [9.17, 15) is 18.7 Å². The SMILES string of the molecule is COc1ccc(Cc2nc3c(c4c2[nH]c2ccc(F)cc24)CCN(C(=O)CC(C)O)C3)cc1F. The summed E-state index contributed by atoms with van der Waals surface area (Å²) in [4.78, 5) is 22.6. The Kier molecular flexibility index (Phi) is 5.69. The van der Waals surface area contributed by atoms with Crippen LogP contribution < -0.4 is 4.74 Å². The number of H-pyrrole nitrogens is 1. The number of hydrogen-bond donors (Lipinski definition) is 2. The maximum atomic E-state index is 14.3. The van der Waals surface area contributed by atoms with Crippen molar-refractivity contribution < 1.29 is 23.4 Å². The average molecular weight is 466 g/mol. The van der Waals surface area contributed by atoms with Crippen LogP contribution in [-0.2, 0) is 24.2 Å². The normalized spacial score (nSPS) is 14.4. The van der Waals surface area contributed by atoms with Gasteiger partial charge in [0.15, 0.2) is 11.6 Å². The molecule has 5 rings (SSSR count). The van der Waals surface area contributed by atoms with Crippen molar-refractivity contribution in [3.05, 3.63) is 70.5 Å². The number of nitrogens with zero attached hydrogens (tertiary/aromatic N) is 2. The van der Waals surface area contributed by atoms with Crippen LogP contribution in [-0.4, -0.2) is 45.6 Å². The molecule has 176 valence electrons. The number of carbonyl (C=O) groups is 1. The highest BCUT2D eigenvalue weighted by Crippen LogP contribution is 2.35. The molecule has 1 atom stereocenters. The fourth-order valence-electron chi connectivity index (χ4n) is 4.77. The van der Waals surface area contributed by atoms with Gasteiger partial charge in [0.05, 0.1) is 43.1 Å². The Morgan fingerprint density at radius 2 is 2.09 bits per heavy atom. The van der Waals surface area contributed by atoms with Crippen molar-refractivity contribution in [1.82, 2.24) is 14.9 Å². The second-order valence-electron chi connectivity index (χ2n) is 8.81. The van der Waals surface area contributed by atoms with Crippen LogP contribution in [0.15, 0.2) is 36.4 Å². The first kappa shape index (κ1) is 22.3. The highest BCUT2D eigenvalue weighted by atomic mass is 19.1. The molecule has 2 aromatic carbocycles. The summed E-state index contributed by atoms with van der Waals surface area (Å²) >= 11 is 0. The van der Waals surface area contributed by atoms with Crippen molar-refractivity contribution in [1.29, 1.82) is 0 Å². The van der Waals surface area contributed by atoms with Crippen LogP contribution in [0.4, 0.5) is 8.78 Å². The Labute approximate surface area is 195 Å². The Hall–Kier alpha value is -3.52. The molecule has 2 N–H and O–H groups in total. The zero-order chi connectivity index (χ0) is 24.0. The van der Waals surface area contributed by atoms with Crippen molar-refractivity contribution in [2.45, 2.75) is 38.8 Å². The van der Waals surface area contributed by atoms with E-state index in [0.29, 0.717) is 31.6 Å².